The molecule has 0 bridgehead atoms. The van der Waals surface area contributed by atoms with E-state index < -0.39 is 0 Å². The van der Waals surface area contributed by atoms with Crippen LogP contribution in [0, 0.1) is 11.7 Å². The molecule has 1 saturated carbocycles. The summed E-state index contributed by atoms with van der Waals surface area (Å²) in [5.74, 6) is 0.531. The quantitative estimate of drug-likeness (QED) is 0.902. The molecule has 1 aromatic rings. The van der Waals surface area contributed by atoms with E-state index in [-0.39, 0.29) is 12.4 Å². The minimum atomic E-state index is -0.260. The first-order chi connectivity index (χ1) is 9.29. The van der Waals surface area contributed by atoms with E-state index in [0.717, 1.165) is 23.7 Å². The number of hydrogen-bond acceptors (Lipinski definition) is 2. The predicted molar refractivity (Wildman–Crippen MR) is 74.6 cm³/mol. The first-order valence-electron chi connectivity index (χ1n) is 7.45. The molecule has 3 rings (SSSR count). The van der Waals surface area contributed by atoms with Crippen LogP contribution in [0.25, 0.3) is 0 Å². The van der Waals surface area contributed by atoms with Crippen molar-refractivity contribution in [3.63, 3.8) is 0 Å². The van der Waals surface area contributed by atoms with Crippen LogP contribution in [0.2, 0.25) is 0 Å². The standard InChI is InChI=1S/C16H22FNO/c17-14-7-8-16(13(10-14)11-19)18-9-3-6-15(18)12-4-1-2-5-12/h7-8,10,12,15,19H,1-6,9,11H2. The van der Waals surface area contributed by atoms with Crippen LogP contribution in [0.15, 0.2) is 18.2 Å². The average Bonchev–Trinajstić information content (AvgIpc) is 3.08. The van der Waals surface area contributed by atoms with Crippen molar-refractivity contribution >= 4 is 5.69 Å². The van der Waals surface area contributed by atoms with Gasteiger partial charge in [-0.25, -0.2) is 4.39 Å². The van der Waals surface area contributed by atoms with Gasteiger partial charge in [-0.1, -0.05) is 12.8 Å². The Balaban J connectivity index is 1.87. The van der Waals surface area contributed by atoms with E-state index in [0.29, 0.717) is 6.04 Å². The molecule has 2 fully saturated rings. The lowest BCUT2D eigenvalue weighted by atomic mass is 9.95. The van der Waals surface area contributed by atoms with Crippen LogP contribution in [0.5, 0.6) is 0 Å². The Bertz CT molecular complexity index is 442. The fourth-order valence-electron chi connectivity index (χ4n) is 3.88. The van der Waals surface area contributed by atoms with E-state index in [2.05, 4.69) is 4.90 Å². The summed E-state index contributed by atoms with van der Waals surface area (Å²) in [7, 11) is 0. The van der Waals surface area contributed by atoms with Gasteiger partial charge < -0.3 is 10.0 Å². The zero-order valence-electron chi connectivity index (χ0n) is 11.3. The van der Waals surface area contributed by atoms with Gasteiger partial charge in [0, 0.05) is 23.8 Å². The maximum absolute atomic E-state index is 13.3. The molecule has 1 aliphatic carbocycles. The average molecular weight is 263 g/mol. The SMILES string of the molecule is OCc1cc(F)ccc1N1CCCC1C1CCCC1. The lowest BCUT2D eigenvalue weighted by molar-refractivity contribution is 0.281. The van der Waals surface area contributed by atoms with Gasteiger partial charge in [0.2, 0.25) is 0 Å². The lowest BCUT2D eigenvalue weighted by Gasteiger charge is -2.32. The Morgan fingerprint density at radius 1 is 1.16 bits per heavy atom. The third-order valence-corrected chi connectivity index (χ3v) is 4.76. The van der Waals surface area contributed by atoms with Crippen LogP contribution >= 0.6 is 0 Å². The van der Waals surface area contributed by atoms with Gasteiger partial charge in [0.25, 0.3) is 0 Å². The van der Waals surface area contributed by atoms with Gasteiger partial charge in [-0.2, -0.15) is 0 Å². The van der Waals surface area contributed by atoms with Crippen molar-refractivity contribution in [1.82, 2.24) is 0 Å². The van der Waals surface area contributed by atoms with Gasteiger partial charge in [-0.3, -0.25) is 0 Å². The Hall–Kier alpha value is -1.09. The number of aliphatic hydroxyl groups is 1. The number of aliphatic hydroxyl groups excluding tert-OH is 1. The third kappa shape index (κ3) is 2.48. The molecule has 0 aromatic heterocycles. The Morgan fingerprint density at radius 3 is 2.68 bits per heavy atom. The van der Waals surface area contributed by atoms with E-state index in [4.69, 9.17) is 0 Å². The first-order valence-corrected chi connectivity index (χ1v) is 7.45. The Kier molecular flexibility index (Phi) is 3.74. The van der Waals surface area contributed by atoms with Gasteiger partial charge in [0.1, 0.15) is 5.82 Å². The van der Waals surface area contributed by atoms with Crippen molar-refractivity contribution in [2.24, 2.45) is 5.92 Å². The van der Waals surface area contributed by atoms with E-state index in [1.807, 2.05) is 6.07 Å². The molecule has 104 valence electrons. The second kappa shape index (κ2) is 5.49. The topological polar surface area (TPSA) is 23.5 Å². The number of nitrogens with zero attached hydrogens (tertiary/aromatic N) is 1. The number of rotatable bonds is 3. The van der Waals surface area contributed by atoms with Crippen LogP contribution < -0.4 is 4.90 Å². The summed E-state index contributed by atoms with van der Waals surface area (Å²) in [5.41, 5.74) is 1.77. The van der Waals surface area contributed by atoms with E-state index in [9.17, 15) is 9.50 Å². The summed E-state index contributed by atoms with van der Waals surface area (Å²) < 4.78 is 13.3. The minimum Gasteiger partial charge on any atom is -0.392 e. The highest BCUT2D eigenvalue weighted by molar-refractivity contribution is 5.55. The van der Waals surface area contributed by atoms with Gasteiger partial charge in [0.05, 0.1) is 6.61 Å². The van der Waals surface area contributed by atoms with Gasteiger partial charge in [-0.05, 0) is 49.8 Å². The van der Waals surface area contributed by atoms with E-state index in [1.165, 1.54) is 50.7 Å². The molecule has 1 saturated heterocycles. The van der Waals surface area contributed by atoms with Gasteiger partial charge in [0.15, 0.2) is 0 Å². The molecule has 2 aliphatic rings. The summed E-state index contributed by atoms with van der Waals surface area (Å²) in [5, 5.41) is 9.46. The second-order valence-electron chi connectivity index (χ2n) is 5.88. The molecule has 3 heteroatoms. The summed E-state index contributed by atoms with van der Waals surface area (Å²) in [6.07, 6.45) is 7.82. The van der Waals surface area contributed by atoms with Crippen molar-refractivity contribution in [1.29, 1.82) is 0 Å². The van der Waals surface area contributed by atoms with Crippen LogP contribution in [0.4, 0.5) is 10.1 Å². The number of anilines is 1. The second-order valence-corrected chi connectivity index (χ2v) is 5.88. The third-order valence-electron chi connectivity index (χ3n) is 4.76. The lowest BCUT2D eigenvalue weighted by Crippen LogP contribution is -2.35. The van der Waals surface area contributed by atoms with E-state index in [1.54, 1.807) is 0 Å². The van der Waals surface area contributed by atoms with E-state index >= 15 is 0 Å². The van der Waals surface area contributed by atoms with Crippen molar-refractivity contribution < 1.29 is 9.50 Å². The molecule has 1 unspecified atom stereocenters. The maximum Gasteiger partial charge on any atom is 0.123 e. The molecule has 0 amide bonds. The summed E-state index contributed by atoms with van der Waals surface area (Å²) >= 11 is 0. The molecule has 1 heterocycles. The number of benzene rings is 1. The normalized spacial score (nSPS) is 24.3. The molecule has 1 N–H and O–H groups in total. The first kappa shape index (κ1) is 12.9. The van der Waals surface area contributed by atoms with Crippen LogP contribution in [-0.2, 0) is 6.61 Å². The fraction of sp³-hybridized carbons (Fsp3) is 0.625. The van der Waals surface area contributed by atoms with Crippen LogP contribution in [-0.4, -0.2) is 17.7 Å². The summed E-state index contributed by atoms with van der Waals surface area (Å²) in [4.78, 5) is 2.42. The molecule has 1 atom stereocenters. The highest BCUT2D eigenvalue weighted by Crippen LogP contribution is 2.38. The zero-order chi connectivity index (χ0) is 13.2. The molecular formula is C16H22FNO. The van der Waals surface area contributed by atoms with Crippen LogP contribution in [0.1, 0.15) is 44.1 Å². The van der Waals surface area contributed by atoms with Crippen molar-refractivity contribution in [2.45, 2.75) is 51.2 Å². The van der Waals surface area contributed by atoms with Gasteiger partial charge in [-0.15, -0.1) is 0 Å². The molecule has 2 nitrogen and oxygen atoms in total. The number of hydrogen-bond donors (Lipinski definition) is 1. The molecule has 1 aromatic carbocycles. The van der Waals surface area contributed by atoms with Gasteiger partial charge >= 0.3 is 0 Å². The molecule has 1 aliphatic heterocycles. The molecule has 0 radical (unpaired) electrons. The van der Waals surface area contributed by atoms with Crippen LogP contribution in [0.3, 0.4) is 0 Å². The zero-order valence-corrected chi connectivity index (χ0v) is 11.3. The molecular weight excluding hydrogens is 241 g/mol. The van der Waals surface area contributed by atoms with Crippen molar-refractivity contribution in [3.8, 4) is 0 Å². The Labute approximate surface area is 114 Å². The highest BCUT2D eigenvalue weighted by atomic mass is 19.1. The maximum atomic E-state index is 13.3. The minimum absolute atomic E-state index is 0.0824. The molecule has 0 spiro atoms. The smallest absolute Gasteiger partial charge is 0.123 e. The highest BCUT2D eigenvalue weighted by Gasteiger charge is 2.34. The monoisotopic (exact) mass is 263 g/mol. The summed E-state index contributed by atoms with van der Waals surface area (Å²) in [6, 6.07) is 5.42. The summed E-state index contributed by atoms with van der Waals surface area (Å²) in [6.45, 7) is 0.959. The van der Waals surface area contributed by atoms with Crippen molar-refractivity contribution in [2.75, 3.05) is 11.4 Å². The predicted octanol–water partition coefficient (Wildman–Crippen LogP) is 3.48. The fourth-order valence-corrected chi connectivity index (χ4v) is 3.88. The van der Waals surface area contributed by atoms with Crippen molar-refractivity contribution in [3.05, 3.63) is 29.6 Å². The molecule has 19 heavy (non-hydrogen) atoms. The number of halogens is 1. The largest absolute Gasteiger partial charge is 0.392 e. The Morgan fingerprint density at radius 2 is 1.95 bits per heavy atom.